The Labute approximate surface area is 135 Å². The zero-order chi connectivity index (χ0) is 16.6. The second-order valence-corrected chi connectivity index (χ2v) is 5.52. The first-order chi connectivity index (χ1) is 10.9. The largest absolute Gasteiger partial charge is 0.486 e. The van der Waals surface area contributed by atoms with Crippen molar-refractivity contribution in [3.05, 3.63) is 47.0 Å². The number of para-hydroxylation sites is 1. The van der Waals surface area contributed by atoms with Gasteiger partial charge in [0.05, 0.1) is 5.56 Å². The molecular formula is C16H13ClF3NO2. The molecular weight excluding hydrogens is 331 g/mol. The van der Waals surface area contributed by atoms with Crippen LogP contribution in [0.3, 0.4) is 0 Å². The number of alkyl halides is 3. The van der Waals surface area contributed by atoms with Gasteiger partial charge in [0.25, 0.3) is 0 Å². The maximum absolute atomic E-state index is 12.8. The van der Waals surface area contributed by atoms with E-state index in [1.165, 1.54) is 6.07 Å². The fourth-order valence-electron chi connectivity index (χ4n) is 2.37. The fraction of sp³-hybridized carbons (Fsp3) is 0.250. The van der Waals surface area contributed by atoms with Crippen molar-refractivity contribution < 1.29 is 22.6 Å². The van der Waals surface area contributed by atoms with Crippen LogP contribution in [0.25, 0.3) is 11.1 Å². The lowest BCUT2D eigenvalue weighted by atomic mass is 10.0. The van der Waals surface area contributed by atoms with Gasteiger partial charge in [-0.05, 0) is 18.2 Å². The van der Waals surface area contributed by atoms with Crippen molar-refractivity contribution >= 4 is 11.6 Å². The molecule has 1 aliphatic rings. The minimum Gasteiger partial charge on any atom is -0.486 e. The number of hydrogen-bond donors (Lipinski definition) is 1. The molecule has 23 heavy (non-hydrogen) atoms. The van der Waals surface area contributed by atoms with Crippen LogP contribution in [0, 0.1) is 0 Å². The van der Waals surface area contributed by atoms with Crippen LogP contribution in [0.5, 0.6) is 11.5 Å². The van der Waals surface area contributed by atoms with E-state index in [4.69, 9.17) is 26.8 Å². The van der Waals surface area contributed by atoms with E-state index in [2.05, 4.69) is 0 Å². The minimum atomic E-state index is -4.44. The van der Waals surface area contributed by atoms with Gasteiger partial charge in [-0.15, -0.1) is 0 Å². The summed E-state index contributed by atoms with van der Waals surface area (Å²) in [5, 5.41) is -0.00769. The highest BCUT2D eigenvalue weighted by Gasteiger charge is 2.31. The molecule has 1 aliphatic heterocycles. The number of hydrogen-bond acceptors (Lipinski definition) is 3. The smallest absolute Gasteiger partial charge is 0.416 e. The van der Waals surface area contributed by atoms with Gasteiger partial charge in [0.1, 0.15) is 12.7 Å². The number of benzene rings is 2. The Morgan fingerprint density at radius 3 is 2.61 bits per heavy atom. The van der Waals surface area contributed by atoms with Crippen LogP contribution < -0.4 is 15.2 Å². The number of halogens is 4. The van der Waals surface area contributed by atoms with Gasteiger partial charge >= 0.3 is 6.18 Å². The summed E-state index contributed by atoms with van der Waals surface area (Å²) in [6.07, 6.45) is -4.75. The summed E-state index contributed by atoms with van der Waals surface area (Å²) in [6, 6.07) is 8.40. The second-order valence-electron chi connectivity index (χ2n) is 5.11. The molecule has 3 rings (SSSR count). The highest BCUT2D eigenvalue weighted by molar-refractivity contribution is 6.33. The third-order valence-corrected chi connectivity index (χ3v) is 3.85. The number of nitrogens with two attached hydrogens (primary N) is 1. The Kier molecular flexibility index (Phi) is 4.12. The molecule has 0 amide bonds. The summed E-state index contributed by atoms with van der Waals surface area (Å²) in [7, 11) is 0. The third-order valence-electron chi connectivity index (χ3n) is 3.54. The topological polar surface area (TPSA) is 44.5 Å². The maximum atomic E-state index is 12.8. The molecule has 0 saturated carbocycles. The zero-order valence-electron chi connectivity index (χ0n) is 11.9. The van der Waals surface area contributed by atoms with Gasteiger partial charge in [-0.1, -0.05) is 29.8 Å². The summed E-state index contributed by atoms with van der Waals surface area (Å²) in [6.45, 7) is 0.599. The Morgan fingerprint density at radius 1 is 1.17 bits per heavy atom. The van der Waals surface area contributed by atoms with Gasteiger partial charge in [-0.2, -0.15) is 13.2 Å². The van der Waals surface area contributed by atoms with Crippen LogP contribution in [0.2, 0.25) is 5.02 Å². The van der Waals surface area contributed by atoms with Gasteiger partial charge in [0, 0.05) is 22.7 Å². The molecule has 0 fully saturated rings. The Hall–Kier alpha value is -1.92. The normalized spacial score (nSPS) is 17.2. The predicted molar refractivity (Wildman–Crippen MR) is 80.9 cm³/mol. The lowest BCUT2D eigenvalue weighted by molar-refractivity contribution is -0.137. The first-order valence-electron chi connectivity index (χ1n) is 6.90. The van der Waals surface area contributed by atoms with Crippen LogP contribution in [0.1, 0.15) is 5.56 Å². The molecule has 0 saturated heterocycles. The van der Waals surface area contributed by atoms with Crippen LogP contribution in [0.4, 0.5) is 13.2 Å². The molecule has 0 radical (unpaired) electrons. The zero-order valence-corrected chi connectivity index (χ0v) is 12.6. The summed E-state index contributed by atoms with van der Waals surface area (Å²) in [5.41, 5.74) is 5.80. The van der Waals surface area contributed by atoms with Crippen molar-refractivity contribution in [1.29, 1.82) is 0 Å². The molecule has 1 heterocycles. The van der Waals surface area contributed by atoms with Crippen molar-refractivity contribution in [3.63, 3.8) is 0 Å². The molecule has 0 aromatic heterocycles. The Morgan fingerprint density at radius 2 is 1.96 bits per heavy atom. The molecule has 1 atom stereocenters. The molecule has 2 aromatic rings. The summed E-state index contributed by atoms with van der Waals surface area (Å²) in [5.74, 6) is 0.957. The van der Waals surface area contributed by atoms with Crippen molar-refractivity contribution in [2.45, 2.75) is 12.3 Å². The van der Waals surface area contributed by atoms with Gasteiger partial charge in [-0.3, -0.25) is 0 Å². The van der Waals surface area contributed by atoms with E-state index in [-0.39, 0.29) is 17.7 Å². The molecule has 0 spiro atoms. The number of ether oxygens (including phenoxy) is 2. The second kappa shape index (κ2) is 5.94. The van der Waals surface area contributed by atoms with Gasteiger partial charge in [-0.25, -0.2) is 0 Å². The van der Waals surface area contributed by atoms with E-state index in [9.17, 15) is 13.2 Å². The first-order valence-corrected chi connectivity index (χ1v) is 7.27. The summed E-state index contributed by atoms with van der Waals surface area (Å²) < 4.78 is 49.6. The maximum Gasteiger partial charge on any atom is 0.416 e. The molecule has 0 bridgehead atoms. The predicted octanol–water partition coefficient (Wildman–Crippen LogP) is 4.12. The van der Waals surface area contributed by atoms with E-state index in [1.54, 1.807) is 18.2 Å². The molecule has 0 unspecified atom stereocenters. The highest BCUT2D eigenvalue weighted by atomic mass is 35.5. The lowest BCUT2D eigenvalue weighted by Crippen LogP contribution is -2.35. The Balaban J connectivity index is 2.06. The van der Waals surface area contributed by atoms with E-state index >= 15 is 0 Å². The standard InChI is InChI=1S/C16H13ClF3NO2/c17-13-6-9(16(18,19)20)4-5-11(13)12-2-1-3-14-15(12)23-10(7-21)8-22-14/h1-6,10H,7-8,21H2/t10-/m0/s1. The van der Waals surface area contributed by atoms with Crippen molar-refractivity contribution in [2.75, 3.05) is 13.2 Å². The van der Waals surface area contributed by atoms with E-state index < -0.39 is 11.7 Å². The van der Waals surface area contributed by atoms with E-state index in [0.29, 0.717) is 29.2 Å². The highest BCUT2D eigenvalue weighted by Crippen LogP contribution is 2.44. The SMILES string of the molecule is NC[C@H]1COc2cccc(-c3ccc(C(F)(F)F)cc3Cl)c2O1. The fourth-order valence-corrected chi connectivity index (χ4v) is 2.65. The Bertz CT molecular complexity index is 734. The minimum absolute atomic E-state index is 0.00769. The van der Waals surface area contributed by atoms with Gasteiger partial charge in [0.15, 0.2) is 11.5 Å². The monoisotopic (exact) mass is 343 g/mol. The molecule has 0 aliphatic carbocycles. The average Bonchev–Trinajstić information content (AvgIpc) is 2.53. The van der Waals surface area contributed by atoms with E-state index in [0.717, 1.165) is 12.1 Å². The van der Waals surface area contributed by atoms with Gasteiger partial charge < -0.3 is 15.2 Å². The lowest BCUT2D eigenvalue weighted by Gasteiger charge is -2.27. The summed E-state index contributed by atoms with van der Waals surface area (Å²) in [4.78, 5) is 0. The van der Waals surface area contributed by atoms with Crippen molar-refractivity contribution in [1.82, 2.24) is 0 Å². The number of fused-ring (bicyclic) bond motifs is 1. The van der Waals surface area contributed by atoms with Crippen molar-refractivity contribution in [3.8, 4) is 22.6 Å². The molecule has 2 N–H and O–H groups in total. The average molecular weight is 344 g/mol. The quantitative estimate of drug-likeness (QED) is 0.892. The molecule has 2 aromatic carbocycles. The molecule has 122 valence electrons. The third kappa shape index (κ3) is 3.09. The van der Waals surface area contributed by atoms with Crippen LogP contribution >= 0.6 is 11.6 Å². The van der Waals surface area contributed by atoms with Gasteiger partial charge in [0.2, 0.25) is 0 Å². The van der Waals surface area contributed by atoms with Crippen LogP contribution in [-0.4, -0.2) is 19.3 Å². The van der Waals surface area contributed by atoms with Crippen LogP contribution in [0.15, 0.2) is 36.4 Å². The first kappa shape index (κ1) is 16.0. The van der Waals surface area contributed by atoms with Crippen LogP contribution in [-0.2, 0) is 6.18 Å². The summed E-state index contributed by atoms with van der Waals surface area (Å²) >= 11 is 6.06. The van der Waals surface area contributed by atoms with E-state index in [1.807, 2.05) is 0 Å². The number of rotatable bonds is 2. The molecule has 7 heteroatoms. The van der Waals surface area contributed by atoms with Crippen molar-refractivity contribution in [2.24, 2.45) is 5.73 Å². The molecule has 3 nitrogen and oxygen atoms in total.